The van der Waals surface area contributed by atoms with Crippen LogP contribution < -0.4 is 0 Å². The molecule has 1 aromatic carbocycles. The Morgan fingerprint density at radius 3 is 2.56 bits per heavy atom. The number of rotatable bonds is 2. The van der Waals surface area contributed by atoms with Gasteiger partial charge in [-0.1, -0.05) is 35.9 Å². The van der Waals surface area contributed by atoms with E-state index in [9.17, 15) is 0 Å². The molecule has 0 saturated carbocycles. The van der Waals surface area contributed by atoms with Crippen molar-refractivity contribution < 1.29 is 5.11 Å². The Morgan fingerprint density at radius 1 is 1.38 bits per heavy atom. The standard InChI is InChI=1S/C11H8ClN3O/c12-11-10(14-9(5-13)15-11)8-3-1-7(6-16)2-4-8/h1-4,16H,6H2,(H,14,15). The second-order valence-corrected chi connectivity index (χ2v) is 3.59. The molecule has 2 rings (SSSR count). The molecule has 0 aliphatic carbocycles. The highest BCUT2D eigenvalue weighted by Crippen LogP contribution is 2.25. The molecule has 4 nitrogen and oxygen atoms in total. The molecule has 1 heterocycles. The fourth-order valence-corrected chi connectivity index (χ4v) is 1.61. The van der Waals surface area contributed by atoms with Gasteiger partial charge in [0.1, 0.15) is 16.9 Å². The van der Waals surface area contributed by atoms with Gasteiger partial charge in [-0.2, -0.15) is 5.26 Å². The minimum absolute atomic E-state index is 0.00196. The molecule has 2 aromatic rings. The second-order valence-electron chi connectivity index (χ2n) is 3.21. The number of aliphatic hydroxyl groups excluding tert-OH is 1. The summed E-state index contributed by atoms with van der Waals surface area (Å²) >= 11 is 5.91. The first-order valence-corrected chi connectivity index (χ1v) is 4.98. The van der Waals surface area contributed by atoms with Gasteiger partial charge in [0.25, 0.3) is 0 Å². The van der Waals surface area contributed by atoms with Crippen molar-refractivity contribution in [3.8, 4) is 17.3 Å². The number of hydrogen-bond acceptors (Lipinski definition) is 3. The molecule has 0 spiro atoms. The molecule has 0 radical (unpaired) electrons. The second kappa shape index (κ2) is 4.35. The van der Waals surface area contributed by atoms with E-state index < -0.39 is 0 Å². The van der Waals surface area contributed by atoms with Crippen molar-refractivity contribution in [1.29, 1.82) is 5.26 Å². The van der Waals surface area contributed by atoms with E-state index in [1.165, 1.54) is 0 Å². The number of nitriles is 1. The monoisotopic (exact) mass is 233 g/mol. The highest BCUT2D eigenvalue weighted by atomic mass is 35.5. The lowest BCUT2D eigenvalue weighted by molar-refractivity contribution is 0.282. The van der Waals surface area contributed by atoms with Gasteiger partial charge in [0.2, 0.25) is 5.82 Å². The van der Waals surface area contributed by atoms with Crippen LogP contribution in [-0.4, -0.2) is 15.1 Å². The number of aromatic nitrogens is 2. The third-order valence-electron chi connectivity index (χ3n) is 2.18. The van der Waals surface area contributed by atoms with Gasteiger partial charge < -0.3 is 10.1 Å². The van der Waals surface area contributed by atoms with Crippen LogP contribution in [-0.2, 0) is 6.61 Å². The Balaban J connectivity index is 2.42. The van der Waals surface area contributed by atoms with Crippen molar-refractivity contribution in [2.24, 2.45) is 0 Å². The van der Waals surface area contributed by atoms with Gasteiger partial charge >= 0.3 is 0 Å². The number of halogens is 1. The third kappa shape index (κ3) is 1.91. The fourth-order valence-electron chi connectivity index (χ4n) is 1.36. The average molecular weight is 234 g/mol. The number of H-pyrrole nitrogens is 1. The van der Waals surface area contributed by atoms with Crippen LogP contribution in [0.1, 0.15) is 11.4 Å². The van der Waals surface area contributed by atoms with Gasteiger partial charge in [0, 0.05) is 5.56 Å². The molecule has 80 valence electrons. The van der Waals surface area contributed by atoms with E-state index in [2.05, 4.69) is 9.97 Å². The number of nitrogens with zero attached hydrogens (tertiary/aromatic N) is 2. The van der Waals surface area contributed by atoms with Crippen LogP contribution in [0.2, 0.25) is 5.15 Å². The molecule has 5 heteroatoms. The van der Waals surface area contributed by atoms with Crippen molar-refractivity contribution in [3.05, 3.63) is 40.8 Å². The van der Waals surface area contributed by atoms with Gasteiger partial charge in [0.05, 0.1) is 6.61 Å². The maximum absolute atomic E-state index is 8.90. The van der Waals surface area contributed by atoms with Crippen LogP contribution >= 0.6 is 11.6 Å². The van der Waals surface area contributed by atoms with Crippen LogP contribution in [0.15, 0.2) is 24.3 Å². The first-order valence-electron chi connectivity index (χ1n) is 4.60. The SMILES string of the molecule is N#Cc1nc(-c2ccc(CO)cc2)c(Cl)[nH]1. The topological polar surface area (TPSA) is 72.7 Å². The van der Waals surface area contributed by atoms with Crippen molar-refractivity contribution >= 4 is 11.6 Å². The molecule has 0 fully saturated rings. The molecule has 0 atom stereocenters. The fraction of sp³-hybridized carbons (Fsp3) is 0.0909. The molecule has 2 N–H and O–H groups in total. The van der Waals surface area contributed by atoms with E-state index in [1.54, 1.807) is 24.3 Å². The number of imidazole rings is 1. The quantitative estimate of drug-likeness (QED) is 0.834. The highest BCUT2D eigenvalue weighted by molar-refractivity contribution is 6.31. The Bertz CT molecular complexity index is 539. The summed E-state index contributed by atoms with van der Waals surface area (Å²) in [5, 5.41) is 17.9. The van der Waals surface area contributed by atoms with Crippen molar-refractivity contribution in [2.75, 3.05) is 0 Å². The first kappa shape index (κ1) is 10.7. The molecule has 0 saturated heterocycles. The summed E-state index contributed by atoms with van der Waals surface area (Å²) in [6, 6.07) is 9.06. The summed E-state index contributed by atoms with van der Waals surface area (Å²) in [5.41, 5.74) is 2.17. The zero-order chi connectivity index (χ0) is 11.5. The number of hydrogen-bond donors (Lipinski definition) is 2. The van der Waals surface area contributed by atoms with Crippen molar-refractivity contribution in [3.63, 3.8) is 0 Å². The van der Waals surface area contributed by atoms with Crippen LogP contribution in [0.5, 0.6) is 0 Å². The van der Waals surface area contributed by atoms with Gasteiger partial charge in [-0.25, -0.2) is 4.98 Å². The van der Waals surface area contributed by atoms with Gasteiger partial charge in [-0.05, 0) is 5.56 Å². The largest absolute Gasteiger partial charge is 0.392 e. The van der Waals surface area contributed by atoms with E-state index >= 15 is 0 Å². The smallest absolute Gasteiger partial charge is 0.211 e. The molecule has 0 aliphatic heterocycles. The summed E-state index contributed by atoms with van der Waals surface area (Å²) in [4.78, 5) is 6.71. The Kier molecular flexibility index (Phi) is 2.91. The molecular formula is C11H8ClN3O. The highest BCUT2D eigenvalue weighted by Gasteiger charge is 2.09. The molecular weight excluding hydrogens is 226 g/mol. The van der Waals surface area contributed by atoms with Gasteiger partial charge in [0.15, 0.2) is 0 Å². The lowest BCUT2D eigenvalue weighted by Crippen LogP contribution is -1.84. The molecule has 16 heavy (non-hydrogen) atoms. The number of nitrogens with one attached hydrogen (secondary N) is 1. The van der Waals surface area contributed by atoms with Crippen molar-refractivity contribution in [2.45, 2.75) is 6.61 Å². The van der Waals surface area contributed by atoms with Gasteiger partial charge in [-0.15, -0.1) is 0 Å². The summed E-state index contributed by atoms with van der Waals surface area (Å²) in [6.07, 6.45) is 0. The minimum atomic E-state index is -0.00196. The van der Waals surface area contributed by atoms with E-state index in [-0.39, 0.29) is 12.4 Å². The zero-order valence-corrected chi connectivity index (χ0v) is 8.99. The first-order chi connectivity index (χ1) is 7.74. The Morgan fingerprint density at radius 2 is 2.06 bits per heavy atom. The van der Waals surface area contributed by atoms with Gasteiger partial charge in [-0.3, -0.25) is 0 Å². The summed E-state index contributed by atoms with van der Waals surface area (Å²) < 4.78 is 0. The molecule has 0 bridgehead atoms. The number of aliphatic hydroxyl groups is 1. The van der Waals surface area contributed by atoms with Crippen LogP contribution in [0.4, 0.5) is 0 Å². The zero-order valence-electron chi connectivity index (χ0n) is 8.24. The van der Waals surface area contributed by atoms with Crippen LogP contribution in [0.3, 0.4) is 0 Å². The Labute approximate surface area is 97.1 Å². The van der Waals surface area contributed by atoms with E-state index in [4.69, 9.17) is 22.0 Å². The summed E-state index contributed by atoms with van der Waals surface area (Å²) in [5.74, 6) is 0.186. The lowest BCUT2D eigenvalue weighted by atomic mass is 10.1. The number of aromatic amines is 1. The summed E-state index contributed by atoms with van der Waals surface area (Å²) in [6.45, 7) is -0.00196. The van der Waals surface area contributed by atoms with E-state index in [0.717, 1.165) is 11.1 Å². The minimum Gasteiger partial charge on any atom is -0.392 e. The Hall–Kier alpha value is -1.83. The third-order valence-corrected chi connectivity index (χ3v) is 2.45. The number of benzene rings is 1. The molecule has 1 aromatic heterocycles. The van der Waals surface area contributed by atoms with E-state index in [0.29, 0.717) is 10.8 Å². The van der Waals surface area contributed by atoms with Crippen LogP contribution in [0, 0.1) is 11.3 Å². The lowest BCUT2D eigenvalue weighted by Gasteiger charge is -1.99. The summed E-state index contributed by atoms with van der Waals surface area (Å²) in [7, 11) is 0. The van der Waals surface area contributed by atoms with E-state index in [1.807, 2.05) is 6.07 Å². The predicted octanol–water partition coefficient (Wildman–Crippen LogP) is 2.09. The average Bonchev–Trinajstić information content (AvgIpc) is 2.71. The normalized spacial score (nSPS) is 10.1. The maximum Gasteiger partial charge on any atom is 0.211 e. The van der Waals surface area contributed by atoms with Crippen molar-refractivity contribution in [1.82, 2.24) is 9.97 Å². The van der Waals surface area contributed by atoms with Crippen LogP contribution in [0.25, 0.3) is 11.3 Å². The molecule has 0 aliphatic rings. The maximum atomic E-state index is 8.90. The molecule has 0 unspecified atom stereocenters. The molecule has 0 amide bonds. The predicted molar refractivity (Wildman–Crippen MR) is 59.7 cm³/mol.